The van der Waals surface area contributed by atoms with Crippen LogP contribution in [0.25, 0.3) is 0 Å². The quantitative estimate of drug-likeness (QED) is 0.671. The van der Waals surface area contributed by atoms with Crippen molar-refractivity contribution in [2.75, 3.05) is 23.6 Å². The zero-order valence-corrected chi connectivity index (χ0v) is 16.2. The van der Waals surface area contributed by atoms with Crippen molar-refractivity contribution in [1.82, 2.24) is 5.32 Å². The second kappa shape index (κ2) is 8.91. The summed E-state index contributed by atoms with van der Waals surface area (Å²) >= 11 is 6.03. The Kier molecular flexibility index (Phi) is 6.88. The summed E-state index contributed by atoms with van der Waals surface area (Å²) in [6.45, 7) is 4.09. The number of hydrogen-bond acceptors (Lipinski definition) is 4. The Balaban J connectivity index is 1.81. The monoisotopic (exact) mass is 396 g/mol. The molecule has 0 aromatic heterocycles. The van der Waals surface area contributed by atoms with Crippen molar-refractivity contribution in [3.63, 3.8) is 0 Å². The van der Waals surface area contributed by atoms with Crippen molar-refractivity contribution in [2.45, 2.75) is 13.8 Å². The Labute approximate surface area is 158 Å². The maximum absolute atomic E-state index is 12.1. The number of aryl methyl sites for hydroxylation is 1. The van der Waals surface area contributed by atoms with Crippen LogP contribution in [-0.4, -0.2) is 33.2 Å². The van der Waals surface area contributed by atoms with E-state index in [1.807, 2.05) is 19.1 Å². The van der Waals surface area contributed by atoms with E-state index in [0.717, 1.165) is 5.56 Å². The summed E-state index contributed by atoms with van der Waals surface area (Å²) < 4.78 is 31.0. The molecule has 1 amide bonds. The summed E-state index contributed by atoms with van der Waals surface area (Å²) in [5.74, 6) is 0.365. The van der Waals surface area contributed by atoms with Crippen LogP contribution in [0.5, 0.6) is 5.75 Å². The van der Waals surface area contributed by atoms with Crippen LogP contribution in [0, 0.1) is 6.92 Å². The molecule has 0 aliphatic carbocycles. The molecule has 26 heavy (non-hydrogen) atoms. The Hall–Kier alpha value is -2.25. The van der Waals surface area contributed by atoms with Gasteiger partial charge in [0.25, 0.3) is 5.91 Å². The first-order valence-corrected chi connectivity index (χ1v) is 10.1. The molecule has 2 aromatic rings. The molecule has 0 radical (unpaired) electrons. The number of carbonyl (C=O) groups excluding carboxylic acids is 1. The lowest BCUT2D eigenvalue weighted by molar-refractivity contribution is 0.0947. The van der Waals surface area contributed by atoms with E-state index in [9.17, 15) is 13.2 Å². The molecule has 140 valence electrons. The van der Waals surface area contributed by atoms with Crippen molar-refractivity contribution in [3.05, 3.63) is 58.6 Å². The number of halogens is 1. The van der Waals surface area contributed by atoms with Crippen LogP contribution in [0.15, 0.2) is 42.5 Å². The zero-order chi connectivity index (χ0) is 19.2. The minimum Gasteiger partial charge on any atom is -0.492 e. The molecular weight excluding hydrogens is 376 g/mol. The van der Waals surface area contributed by atoms with Crippen LogP contribution in [-0.2, 0) is 10.0 Å². The largest absolute Gasteiger partial charge is 0.492 e. The number of nitrogens with one attached hydrogen (secondary N) is 2. The SMILES string of the molecule is CCS(=O)(=O)Nc1ccc(C(=O)NCCOc2ccc(C)c(Cl)c2)cc1. The molecular formula is C18H21ClN2O4S. The van der Waals surface area contributed by atoms with Gasteiger partial charge in [-0.25, -0.2) is 8.42 Å². The van der Waals surface area contributed by atoms with Crippen molar-refractivity contribution < 1.29 is 17.9 Å². The zero-order valence-electron chi connectivity index (χ0n) is 14.6. The van der Waals surface area contributed by atoms with E-state index in [-0.39, 0.29) is 11.7 Å². The minimum absolute atomic E-state index is 0.0125. The predicted molar refractivity (Wildman–Crippen MR) is 104 cm³/mol. The van der Waals surface area contributed by atoms with E-state index in [0.29, 0.717) is 35.2 Å². The topological polar surface area (TPSA) is 84.5 Å². The first-order chi connectivity index (χ1) is 12.3. The van der Waals surface area contributed by atoms with Crippen LogP contribution < -0.4 is 14.8 Å². The molecule has 2 N–H and O–H groups in total. The van der Waals surface area contributed by atoms with Crippen LogP contribution >= 0.6 is 11.6 Å². The lowest BCUT2D eigenvalue weighted by atomic mass is 10.2. The second-order valence-electron chi connectivity index (χ2n) is 5.60. The highest BCUT2D eigenvalue weighted by Gasteiger charge is 2.09. The number of anilines is 1. The van der Waals surface area contributed by atoms with Crippen molar-refractivity contribution in [2.24, 2.45) is 0 Å². The number of ether oxygens (including phenoxy) is 1. The smallest absolute Gasteiger partial charge is 0.251 e. The van der Waals surface area contributed by atoms with Gasteiger partial charge in [0.15, 0.2) is 0 Å². The third-order valence-electron chi connectivity index (χ3n) is 3.60. The Morgan fingerprint density at radius 2 is 1.85 bits per heavy atom. The van der Waals surface area contributed by atoms with Crippen molar-refractivity contribution in [3.8, 4) is 5.75 Å². The molecule has 0 unspecified atom stereocenters. The molecule has 0 saturated heterocycles. The van der Waals surface area contributed by atoms with Gasteiger partial charge in [-0.3, -0.25) is 9.52 Å². The number of amides is 1. The maximum Gasteiger partial charge on any atom is 0.251 e. The number of hydrogen-bond donors (Lipinski definition) is 2. The summed E-state index contributed by atoms with van der Waals surface area (Å²) in [5, 5.41) is 3.37. The van der Waals surface area contributed by atoms with E-state index in [1.165, 1.54) is 0 Å². The first kappa shape index (κ1) is 20.1. The molecule has 0 fully saturated rings. The molecule has 0 saturated carbocycles. The molecule has 0 aliphatic heterocycles. The van der Waals surface area contributed by atoms with Crippen LogP contribution in [0.3, 0.4) is 0 Å². The lowest BCUT2D eigenvalue weighted by Gasteiger charge is -2.10. The van der Waals surface area contributed by atoms with Gasteiger partial charge in [0.05, 0.1) is 12.3 Å². The fourth-order valence-corrected chi connectivity index (χ4v) is 2.85. The van der Waals surface area contributed by atoms with E-state index in [2.05, 4.69) is 10.0 Å². The van der Waals surface area contributed by atoms with Crippen molar-refractivity contribution in [1.29, 1.82) is 0 Å². The highest BCUT2D eigenvalue weighted by Crippen LogP contribution is 2.21. The summed E-state index contributed by atoms with van der Waals surface area (Å²) in [6, 6.07) is 11.6. The van der Waals surface area contributed by atoms with Gasteiger partial charge in [-0.15, -0.1) is 0 Å². The average Bonchev–Trinajstić information content (AvgIpc) is 2.62. The van der Waals surface area contributed by atoms with Gasteiger partial charge in [0.2, 0.25) is 10.0 Å². The van der Waals surface area contributed by atoms with Gasteiger partial charge in [-0.05, 0) is 55.8 Å². The molecule has 0 bridgehead atoms. The normalized spacial score (nSPS) is 11.0. The van der Waals surface area contributed by atoms with Gasteiger partial charge in [0.1, 0.15) is 12.4 Å². The third kappa shape index (κ3) is 5.93. The van der Waals surface area contributed by atoms with Gasteiger partial charge in [0, 0.05) is 16.3 Å². The average molecular weight is 397 g/mol. The molecule has 0 atom stereocenters. The number of rotatable bonds is 8. The molecule has 6 nitrogen and oxygen atoms in total. The molecule has 0 heterocycles. The van der Waals surface area contributed by atoms with Crippen LogP contribution in [0.1, 0.15) is 22.8 Å². The molecule has 0 aliphatic rings. The molecule has 0 spiro atoms. The van der Waals surface area contributed by atoms with Crippen molar-refractivity contribution >= 4 is 33.2 Å². The molecule has 8 heteroatoms. The maximum atomic E-state index is 12.1. The fourth-order valence-electron chi connectivity index (χ4n) is 2.04. The summed E-state index contributed by atoms with van der Waals surface area (Å²) in [5.41, 5.74) is 1.82. The number of benzene rings is 2. The highest BCUT2D eigenvalue weighted by molar-refractivity contribution is 7.92. The number of sulfonamides is 1. The van der Waals surface area contributed by atoms with Gasteiger partial charge in [-0.1, -0.05) is 17.7 Å². The number of carbonyl (C=O) groups is 1. The third-order valence-corrected chi connectivity index (χ3v) is 5.31. The Bertz CT molecular complexity index is 867. The van der Waals surface area contributed by atoms with Gasteiger partial charge < -0.3 is 10.1 Å². The van der Waals surface area contributed by atoms with E-state index in [1.54, 1.807) is 37.3 Å². The summed E-state index contributed by atoms with van der Waals surface area (Å²) in [7, 11) is -3.33. The predicted octanol–water partition coefficient (Wildman–Crippen LogP) is 3.22. The second-order valence-corrected chi connectivity index (χ2v) is 8.02. The summed E-state index contributed by atoms with van der Waals surface area (Å²) in [4.78, 5) is 12.1. The summed E-state index contributed by atoms with van der Waals surface area (Å²) in [6.07, 6.45) is 0. The molecule has 2 aromatic carbocycles. The van der Waals surface area contributed by atoms with E-state index >= 15 is 0 Å². The van der Waals surface area contributed by atoms with E-state index < -0.39 is 10.0 Å². The van der Waals surface area contributed by atoms with E-state index in [4.69, 9.17) is 16.3 Å². The van der Waals surface area contributed by atoms with Gasteiger partial charge in [-0.2, -0.15) is 0 Å². The first-order valence-electron chi connectivity index (χ1n) is 8.08. The van der Waals surface area contributed by atoms with Crippen LogP contribution in [0.4, 0.5) is 5.69 Å². The Morgan fingerprint density at radius 3 is 2.46 bits per heavy atom. The standard InChI is InChI=1S/C18H21ClN2O4S/c1-3-26(23,24)21-15-7-5-14(6-8-15)18(22)20-10-11-25-16-9-4-13(2)17(19)12-16/h4-9,12,21H,3,10-11H2,1-2H3,(H,20,22). The fraction of sp³-hybridized carbons (Fsp3) is 0.278. The van der Waals surface area contributed by atoms with Gasteiger partial charge >= 0.3 is 0 Å². The minimum atomic E-state index is -3.33. The van der Waals surface area contributed by atoms with Crippen LogP contribution in [0.2, 0.25) is 5.02 Å². The lowest BCUT2D eigenvalue weighted by Crippen LogP contribution is -2.28. The Morgan fingerprint density at radius 1 is 1.15 bits per heavy atom. The highest BCUT2D eigenvalue weighted by atomic mass is 35.5. The molecule has 2 rings (SSSR count).